The smallest absolute Gasteiger partial charge is 0.229 e. The molecule has 1 saturated heterocycles. The molecule has 1 aliphatic heterocycles. The number of hydrogen-bond donors (Lipinski definition) is 1. The fraction of sp³-hybridized carbons (Fsp3) is 0.278. The van der Waals surface area contributed by atoms with Crippen molar-refractivity contribution in [3.05, 3.63) is 71.5 Å². The minimum atomic E-state index is -0.674. The van der Waals surface area contributed by atoms with Gasteiger partial charge in [0, 0.05) is 18.7 Å². The lowest BCUT2D eigenvalue weighted by atomic mass is 9.79. The van der Waals surface area contributed by atoms with Crippen LogP contribution in [0.2, 0.25) is 0 Å². The van der Waals surface area contributed by atoms with E-state index in [-0.39, 0.29) is 11.7 Å². The highest BCUT2D eigenvalue weighted by atomic mass is 19.1. The fourth-order valence-corrected chi connectivity index (χ4v) is 3.23. The predicted octanol–water partition coefficient (Wildman–Crippen LogP) is 2.45. The van der Waals surface area contributed by atoms with Gasteiger partial charge in [-0.15, -0.1) is 0 Å². The van der Waals surface area contributed by atoms with Crippen LogP contribution in [-0.4, -0.2) is 23.9 Å². The van der Waals surface area contributed by atoms with Crippen molar-refractivity contribution in [3.63, 3.8) is 0 Å². The summed E-state index contributed by atoms with van der Waals surface area (Å²) in [5.74, 6) is -0.520. The van der Waals surface area contributed by atoms with Gasteiger partial charge >= 0.3 is 0 Å². The molecule has 2 N–H and O–H groups in total. The van der Waals surface area contributed by atoms with Gasteiger partial charge in [-0.1, -0.05) is 48.5 Å². The molecule has 1 amide bonds. The number of hydrogen-bond acceptors (Lipinski definition) is 2. The number of nitrogens with two attached hydrogens (primary N) is 1. The quantitative estimate of drug-likeness (QED) is 0.942. The predicted molar refractivity (Wildman–Crippen MR) is 83.6 cm³/mol. The van der Waals surface area contributed by atoms with E-state index in [1.54, 1.807) is 12.1 Å². The van der Waals surface area contributed by atoms with Crippen molar-refractivity contribution in [2.24, 2.45) is 5.73 Å². The number of nitrogens with zero attached hydrogens (tertiary/aromatic N) is 1. The Hall–Kier alpha value is -2.20. The van der Waals surface area contributed by atoms with Crippen LogP contribution < -0.4 is 5.73 Å². The maximum Gasteiger partial charge on any atom is 0.229 e. The van der Waals surface area contributed by atoms with Gasteiger partial charge in [0.05, 0.1) is 5.41 Å². The zero-order valence-electron chi connectivity index (χ0n) is 12.3. The first-order chi connectivity index (χ1) is 10.6. The van der Waals surface area contributed by atoms with E-state index < -0.39 is 5.41 Å². The number of halogens is 1. The third-order valence-corrected chi connectivity index (χ3v) is 4.50. The highest BCUT2D eigenvalue weighted by Gasteiger charge is 2.44. The lowest BCUT2D eigenvalue weighted by Crippen LogP contribution is -2.43. The van der Waals surface area contributed by atoms with Crippen LogP contribution in [0, 0.1) is 5.82 Å². The Morgan fingerprint density at radius 2 is 1.82 bits per heavy atom. The molecule has 0 spiro atoms. The number of carbonyl (C=O) groups is 1. The van der Waals surface area contributed by atoms with Gasteiger partial charge in [0.15, 0.2) is 0 Å². The number of rotatable bonds is 4. The van der Waals surface area contributed by atoms with Crippen LogP contribution in [0.5, 0.6) is 0 Å². The normalized spacial score (nSPS) is 21.9. The Morgan fingerprint density at radius 1 is 1.14 bits per heavy atom. The standard InChI is InChI=1S/C18H19FN2O/c19-16-9-5-4-6-14(16)12-21-11-10-18(13-21,17(20)22)15-7-2-1-3-8-15/h1-9H,10-13H2,(H2,20,22). The van der Waals surface area contributed by atoms with Crippen molar-refractivity contribution < 1.29 is 9.18 Å². The average Bonchev–Trinajstić information content (AvgIpc) is 2.96. The van der Waals surface area contributed by atoms with Crippen LogP contribution in [0.15, 0.2) is 54.6 Å². The SMILES string of the molecule is NC(=O)C1(c2ccccc2)CCN(Cc2ccccc2F)C1. The van der Waals surface area contributed by atoms with Crippen LogP contribution in [0.3, 0.4) is 0 Å². The summed E-state index contributed by atoms with van der Waals surface area (Å²) in [5.41, 5.74) is 6.63. The molecule has 22 heavy (non-hydrogen) atoms. The van der Waals surface area contributed by atoms with Gasteiger partial charge in [-0.25, -0.2) is 4.39 Å². The Labute approximate surface area is 129 Å². The van der Waals surface area contributed by atoms with E-state index in [2.05, 4.69) is 4.90 Å². The molecule has 0 saturated carbocycles. The molecule has 3 rings (SSSR count). The maximum absolute atomic E-state index is 13.8. The van der Waals surface area contributed by atoms with E-state index >= 15 is 0 Å². The molecule has 0 aliphatic carbocycles. The molecule has 2 aromatic rings. The van der Waals surface area contributed by atoms with E-state index in [0.29, 0.717) is 25.1 Å². The minimum Gasteiger partial charge on any atom is -0.369 e. The third-order valence-electron chi connectivity index (χ3n) is 4.50. The highest BCUT2D eigenvalue weighted by Crippen LogP contribution is 2.35. The molecule has 1 fully saturated rings. The average molecular weight is 298 g/mol. The number of carbonyl (C=O) groups excluding carboxylic acids is 1. The topological polar surface area (TPSA) is 46.3 Å². The Kier molecular flexibility index (Phi) is 3.94. The molecule has 0 radical (unpaired) electrons. The maximum atomic E-state index is 13.8. The molecule has 1 heterocycles. The molecule has 1 unspecified atom stereocenters. The summed E-state index contributed by atoms with van der Waals surface area (Å²) < 4.78 is 13.8. The zero-order valence-corrected chi connectivity index (χ0v) is 12.3. The monoisotopic (exact) mass is 298 g/mol. The van der Waals surface area contributed by atoms with E-state index in [1.165, 1.54) is 6.07 Å². The summed E-state index contributed by atoms with van der Waals surface area (Å²) >= 11 is 0. The second-order valence-corrected chi connectivity index (χ2v) is 5.86. The number of amides is 1. The van der Waals surface area contributed by atoms with E-state index in [0.717, 1.165) is 12.1 Å². The molecule has 4 heteroatoms. The van der Waals surface area contributed by atoms with Crippen LogP contribution in [0.25, 0.3) is 0 Å². The first-order valence-corrected chi connectivity index (χ1v) is 7.43. The number of likely N-dealkylation sites (tertiary alicyclic amines) is 1. The first-order valence-electron chi connectivity index (χ1n) is 7.43. The summed E-state index contributed by atoms with van der Waals surface area (Å²) in [6.07, 6.45) is 0.667. The Balaban J connectivity index is 1.83. The van der Waals surface area contributed by atoms with Crippen molar-refractivity contribution in [1.82, 2.24) is 4.90 Å². The summed E-state index contributed by atoms with van der Waals surface area (Å²) in [7, 11) is 0. The van der Waals surface area contributed by atoms with Crippen LogP contribution in [-0.2, 0) is 16.8 Å². The Bertz CT molecular complexity index is 674. The van der Waals surface area contributed by atoms with Gasteiger partial charge in [-0.2, -0.15) is 0 Å². The largest absolute Gasteiger partial charge is 0.369 e. The van der Waals surface area contributed by atoms with E-state index in [9.17, 15) is 9.18 Å². The van der Waals surface area contributed by atoms with Crippen LogP contribution in [0.4, 0.5) is 4.39 Å². The van der Waals surface area contributed by atoms with Crippen molar-refractivity contribution in [3.8, 4) is 0 Å². The van der Waals surface area contributed by atoms with Crippen LogP contribution >= 0.6 is 0 Å². The summed E-state index contributed by atoms with van der Waals surface area (Å²) in [5, 5.41) is 0. The number of benzene rings is 2. The summed E-state index contributed by atoms with van der Waals surface area (Å²) in [6.45, 7) is 1.75. The van der Waals surface area contributed by atoms with Crippen molar-refractivity contribution in [2.45, 2.75) is 18.4 Å². The highest BCUT2D eigenvalue weighted by molar-refractivity contribution is 5.87. The Morgan fingerprint density at radius 3 is 2.50 bits per heavy atom. The lowest BCUT2D eigenvalue weighted by molar-refractivity contribution is -0.123. The summed E-state index contributed by atoms with van der Waals surface area (Å²) in [6, 6.07) is 16.4. The molecular formula is C18H19FN2O. The molecule has 114 valence electrons. The van der Waals surface area contributed by atoms with Gasteiger partial charge in [0.1, 0.15) is 5.82 Å². The van der Waals surface area contributed by atoms with E-state index in [4.69, 9.17) is 5.73 Å². The first kappa shape index (κ1) is 14.7. The second-order valence-electron chi connectivity index (χ2n) is 5.86. The fourth-order valence-electron chi connectivity index (χ4n) is 3.23. The molecule has 1 aliphatic rings. The van der Waals surface area contributed by atoms with Gasteiger partial charge in [-0.3, -0.25) is 9.69 Å². The molecule has 0 aromatic heterocycles. The molecule has 1 atom stereocenters. The van der Waals surface area contributed by atoms with Gasteiger partial charge in [-0.05, 0) is 24.6 Å². The molecule has 0 bridgehead atoms. The minimum absolute atomic E-state index is 0.209. The molecular weight excluding hydrogens is 279 g/mol. The van der Waals surface area contributed by atoms with Crippen molar-refractivity contribution in [1.29, 1.82) is 0 Å². The second kappa shape index (κ2) is 5.89. The molecule has 2 aromatic carbocycles. The van der Waals surface area contributed by atoms with Crippen molar-refractivity contribution >= 4 is 5.91 Å². The number of primary amides is 1. The molecule has 3 nitrogen and oxygen atoms in total. The van der Waals surface area contributed by atoms with Gasteiger partial charge in [0.25, 0.3) is 0 Å². The summed E-state index contributed by atoms with van der Waals surface area (Å²) in [4.78, 5) is 14.2. The van der Waals surface area contributed by atoms with Crippen LogP contribution in [0.1, 0.15) is 17.5 Å². The van der Waals surface area contributed by atoms with E-state index in [1.807, 2.05) is 36.4 Å². The third kappa shape index (κ3) is 2.62. The zero-order chi connectivity index (χ0) is 15.6. The van der Waals surface area contributed by atoms with Crippen molar-refractivity contribution in [2.75, 3.05) is 13.1 Å². The van der Waals surface area contributed by atoms with Gasteiger partial charge in [0.2, 0.25) is 5.91 Å². The lowest BCUT2D eigenvalue weighted by Gasteiger charge is -2.26. The van der Waals surface area contributed by atoms with Gasteiger partial charge < -0.3 is 5.73 Å².